The van der Waals surface area contributed by atoms with E-state index < -0.39 is 0 Å². The first-order chi connectivity index (χ1) is 12.2. The van der Waals surface area contributed by atoms with E-state index in [-0.39, 0.29) is 11.8 Å². The largest absolute Gasteiger partial charge is 0.368 e. The van der Waals surface area contributed by atoms with Gasteiger partial charge in [0.25, 0.3) is 0 Å². The maximum Gasteiger partial charge on any atom is 0.179 e. The molecule has 1 atom stereocenters. The van der Waals surface area contributed by atoms with Crippen LogP contribution in [-0.2, 0) is 17.6 Å². The number of carbonyl (C=O) groups excluding carboxylic acids is 1. The molecule has 0 unspecified atom stereocenters. The second-order valence-corrected chi connectivity index (χ2v) is 6.66. The van der Waals surface area contributed by atoms with Crippen LogP contribution in [0.2, 0.25) is 0 Å². The number of aromatic nitrogens is 2. The highest BCUT2D eigenvalue weighted by Crippen LogP contribution is 2.36. The van der Waals surface area contributed by atoms with E-state index >= 15 is 0 Å². The van der Waals surface area contributed by atoms with E-state index in [1.165, 1.54) is 5.56 Å². The SMILES string of the molecule is CCc1ccc2c(c1)C(N1CC[C@@H](n3cccn3)C1)=C(C#N)C(=O)C2. The van der Waals surface area contributed by atoms with Gasteiger partial charge in [0.15, 0.2) is 5.78 Å². The number of fused-ring (bicyclic) bond motifs is 1. The number of Topliss-reactive ketones (excluding diaryl/α,β-unsaturated/α-hetero) is 1. The summed E-state index contributed by atoms with van der Waals surface area (Å²) in [6, 6.07) is 10.6. The van der Waals surface area contributed by atoms with Gasteiger partial charge in [0.2, 0.25) is 0 Å². The molecule has 2 heterocycles. The fourth-order valence-electron chi connectivity index (χ4n) is 3.85. The standard InChI is InChI=1S/C20H20N4O/c1-2-14-4-5-15-11-19(25)18(12-21)20(17(15)10-14)23-9-6-16(13-23)24-8-3-7-22-24/h3-5,7-8,10,16H,2,6,9,11,13H2,1H3/t16-/m1/s1. The van der Waals surface area contributed by atoms with E-state index in [9.17, 15) is 10.1 Å². The van der Waals surface area contributed by atoms with Crippen LogP contribution in [0.3, 0.4) is 0 Å². The Bertz CT molecular complexity index is 889. The normalized spacial score (nSPS) is 19.9. The Kier molecular flexibility index (Phi) is 3.89. The Morgan fingerprint density at radius 2 is 2.28 bits per heavy atom. The third-order valence-electron chi connectivity index (χ3n) is 5.19. The van der Waals surface area contributed by atoms with E-state index in [0.717, 1.165) is 42.8 Å². The smallest absolute Gasteiger partial charge is 0.179 e. The lowest BCUT2D eigenvalue weighted by Crippen LogP contribution is -2.27. The molecule has 5 nitrogen and oxygen atoms in total. The zero-order chi connectivity index (χ0) is 17.4. The number of hydrogen-bond acceptors (Lipinski definition) is 4. The number of aryl methyl sites for hydroxylation is 1. The number of hydrogen-bond donors (Lipinski definition) is 0. The average Bonchev–Trinajstić information content (AvgIpc) is 3.31. The van der Waals surface area contributed by atoms with Crippen LogP contribution in [0, 0.1) is 11.3 Å². The van der Waals surface area contributed by atoms with Crippen LogP contribution in [0.15, 0.2) is 42.2 Å². The third kappa shape index (κ3) is 2.64. The van der Waals surface area contributed by atoms with E-state index in [1.807, 2.05) is 23.0 Å². The molecule has 1 saturated heterocycles. The van der Waals surface area contributed by atoms with Gasteiger partial charge in [-0.05, 0) is 36.1 Å². The van der Waals surface area contributed by atoms with Gasteiger partial charge in [-0.2, -0.15) is 10.4 Å². The topological polar surface area (TPSA) is 61.9 Å². The first-order valence-electron chi connectivity index (χ1n) is 8.75. The van der Waals surface area contributed by atoms with E-state index in [1.54, 1.807) is 6.20 Å². The molecule has 5 heteroatoms. The maximum absolute atomic E-state index is 12.5. The van der Waals surface area contributed by atoms with Gasteiger partial charge in [-0.1, -0.05) is 19.1 Å². The highest BCUT2D eigenvalue weighted by Gasteiger charge is 2.33. The monoisotopic (exact) mass is 332 g/mol. The molecular weight excluding hydrogens is 312 g/mol. The van der Waals surface area contributed by atoms with Gasteiger partial charge in [-0.3, -0.25) is 9.48 Å². The molecular formula is C20H20N4O. The van der Waals surface area contributed by atoms with Crippen molar-refractivity contribution in [2.75, 3.05) is 13.1 Å². The van der Waals surface area contributed by atoms with Gasteiger partial charge in [0.1, 0.15) is 11.6 Å². The summed E-state index contributed by atoms with van der Waals surface area (Å²) in [5, 5.41) is 14.0. The fourth-order valence-corrected chi connectivity index (χ4v) is 3.85. The second-order valence-electron chi connectivity index (χ2n) is 6.66. The molecule has 1 aromatic heterocycles. The van der Waals surface area contributed by atoms with Crippen LogP contribution in [0.4, 0.5) is 0 Å². The van der Waals surface area contributed by atoms with Crippen molar-refractivity contribution in [3.63, 3.8) is 0 Å². The van der Waals surface area contributed by atoms with Crippen LogP contribution in [0.25, 0.3) is 5.70 Å². The van der Waals surface area contributed by atoms with Crippen LogP contribution in [0.5, 0.6) is 0 Å². The highest BCUT2D eigenvalue weighted by atomic mass is 16.1. The quantitative estimate of drug-likeness (QED) is 0.867. The molecule has 0 N–H and O–H groups in total. The number of benzene rings is 1. The van der Waals surface area contributed by atoms with Crippen LogP contribution in [0.1, 0.15) is 36.1 Å². The van der Waals surface area contributed by atoms with Gasteiger partial charge in [0.05, 0.1) is 11.7 Å². The summed E-state index contributed by atoms with van der Waals surface area (Å²) in [5.74, 6) is -0.0724. The van der Waals surface area contributed by atoms with E-state index in [0.29, 0.717) is 12.0 Å². The summed E-state index contributed by atoms with van der Waals surface area (Å²) < 4.78 is 1.97. The molecule has 2 aromatic rings. The molecule has 25 heavy (non-hydrogen) atoms. The minimum Gasteiger partial charge on any atom is -0.368 e. The van der Waals surface area contributed by atoms with E-state index in [2.05, 4.69) is 35.1 Å². The predicted molar refractivity (Wildman–Crippen MR) is 94.5 cm³/mol. The molecule has 126 valence electrons. The Balaban J connectivity index is 1.76. The van der Waals surface area contributed by atoms with Crippen molar-refractivity contribution in [1.82, 2.24) is 14.7 Å². The third-order valence-corrected chi connectivity index (χ3v) is 5.19. The first kappa shape index (κ1) is 15.6. The van der Waals surface area contributed by atoms with Crippen molar-refractivity contribution in [3.8, 4) is 6.07 Å². The molecule has 2 aliphatic rings. The summed E-state index contributed by atoms with van der Waals surface area (Å²) in [6.45, 7) is 3.72. The van der Waals surface area contributed by atoms with Gasteiger partial charge in [0, 0.05) is 37.5 Å². The van der Waals surface area contributed by atoms with Gasteiger partial charge < -0.3 is 4.90 Å². The van der Waals surface area contributed by atoms with Crippen molar-refractivity contribution < 1.29 is 4.79 Å². The summed E-state index contributed by atoms with van der Waals surface area (Å²) in [7, 11) is 0. The zero-order valence-corrected chi connectivity index (χ0v) is 14.3. The number of ketones is 1. The summed E-state index contributed by atoms with van der Waals surface area (Å²) in [4.78, 5) is 14.7. The number of likely N-dealkylation sites (tertiary alicyclic amines) is 1. The fraction of sp³-hybridized carbons (Fsp3) is 0.350. The molecule has 0 spiro atoms. The molecule has 1 aliphatic carbocycles. The second kappa shape index (κ2) is 6.21. The van der Waals surface area contributed by atoms with Gasteiger partial charge in [-0.15, -0.1) is 0 Å². The van der Waals surface area contributed by atoms with Crippen molar-refractivity contribution in [2.45, 2.75) is 32.2 Å². The minimum absolute atomic E-state index is 0.0724. The summed E-state index contributed by atoms with van der Waals surface area (Å²) >= 11 is 0. The maximum atomic E-state index is 12.5. The van der Waals surface area contributed by atoms with E-state index in [4.69, 9.17) is 0 Å². The van der Waals surface area contributed by atoms with Crippen LogP contribution in [-0.4, -0.2) is 33.6 Å². The number of nitriles is 1. The lowest BCUT2D eigenvalue weighted by Gasteiger charge is -2.28. The van der Waals surface area contributed by atoms with Crippen LogP contribution >= 0.6 is 0 Å². The molecule has 0 bridgehead atoms. The number of nitrogens with zero attached hydrogens (tertiary/aromatic N) is 4. The van der Waals surface area contributed by atoms with Gasteiger partial charge in [-0.25, -0.2) is 0 Å². The molecule has 0 amide bonds. The highest BCUT2D eigenvalue weighted by molar-refractivity contribution is 6.10. The molecule has 1 aliphatic heterocycles. The Hall–Kier alpha value is -2.87. The average molecular weight is 332 g/mol. The Labute approximate surface area is 147 Å². The first-order valence-corrected chi connectivity index (χ1v) is 8.75. The number of carbonyl (C=O) groups is 1. The van der Waals surface area contributed by atoms with Crippen molar-refractivity contribution in [3.05, 3.63) is 58.9 Å². The lowest BCUT2D eigenvalue weighted by molar-refractivity contribution is -0.114. The molecule has 1 fully saturated rings. The Morgan fingerprint density at radius 1 is 1.40 bits per heavy atom. The summed E-state index contributed by atoms with van der Waals surface area (Å²) in [5.41, 5.74) is 4.43. The van der Waals surface area contributed by atoms with Gasteiger partial charge >= 0.3 is 0 Å². The number of allylic oxidation sites excluding steroid dienone is 1. The van der Waals surface area contributed by atoms with Crippen LogP contribution < -0.4 is 0 Å². The lowest BCUT2D eigenvalue weighted by atomic mass is 9.87. The summed E-state index contributed by atoms with van der Waals surface area (Å²) in [6.07, 6.45) is 5.98. The molecule has 0 saturated carbocycles. The Morgan fingerprint density at radius 3 is 3.00 bits per heavy atom. The number of rotatable bonds is 3. The minimum atomic E-state index is -0.0724. The zero-order valence-electron chi connectivity index (χ0n) is 14.3. The molecule has 4 rings (SSSR count). The van der Waals surface area contributed by atoms with Crippen molar-refractivity contribution in [1.29, 1.82) is 5.26 Å². The molecule has 1 aromatic carbocycles. The predicted octanol–water partition coefficient (Wildman–Crippen LogP) is 2.75. The van der Waals surface area contributed by atoms with Crippen molar-refractivity contribution in [2.24, 2.45) is 0 Å². The molecule has 0 radical (unpaired) electrons. The van der Waals surface area contributed by atoms with Crippen molar-refractivity contribution >= 4 is 11.5 Å².